The second kappa shape index (κ2) is 5.37. The summed E-state index contributed by atoms with van der Waals surface area (Å²) >= 11 is 0. The summed E-state index contributed by atoms with van der Waals surface area (Å²) in [5.74, 6) is 0. The van der Waals surface area contributed by atoms with Crippen LogP contribution in [0.1, 0.15) is 32.2 Å². The quantitative estimate of drug-likeness (QED) is 0.798. The summed E-state index contributed by atoms with van der Waals surface area (Å²) in [6.45, 7) is 8.22. The first-order valence-electron chi connectivity index (χ1n) is 7.33. The molecule has 3 aromatic heterocycles. The Morgan fingerprint density at radius 3 is 2.71 bits per heavy atom. The highest BCUT2D eigenvalue weighted by Gasteiger charge is 2.11. The van der Waals surface area contributed by atoms with E-state index in [1.165, 1.54) is 5.69 Å². The third kappa shape index (κ3) is 3.34. The van der Waals surface area contributed by atoms with Crippen LogP contribution in [0.4, 0.5) is 0 Å². The van der Waals surface area contributed by atoms with Crippen molar-refractivity contribution in [2.24, 2.45) is 0 Å². The van der Waals surface area contributed by atoms with Crippen LogP contribution in [-0.4, -0.2) is 19.5 Å². The molecule has 0 unspecified atom stereocenters. The zero-order valence-electron chi connectivity index (χ0n) is 12.9. The van der Waals surface area contributed by atoms with Crippen molar-refractivity contribution < 1.29 is 0 Å². The van der Waals surface area contributed by atoms with Gasteiger partial charge in [0.25, 0.3) is 0 Å². The van der Waals surface area contributed by atoms with Gasteiger partial charge in [-0.25, -0.2) is 4.98 Å². The molecule has 3 aromatic rings. The van der Waals surface area contributed by atoms with Crippen molar-refractivity contribution in [1.82, 2.24) is 19.3 Å². The average Bonchev–Trinajstić information content (AvgIpc) is 3.01. The lowest BCUT2D eigenvalue weighted by Crippen LogP contribution is -2.35. The fourth-order valence-electron chi connectivity index (χ4n) is 2.36. The van der Waals surface area contributed by atoms with Gasteiger partial charge in [0.1, 0.15) is 5.65 Å². The molecule has 0 fully saturated rings. The molecule has 0 saturated heterocycles. The molecular weight excluding hydrogens is 260 g/mol. The number of rotatable bonds is 4. The van der Waals surface area contributed by atoms with Crippen molar-refractivity contribution in [1.29, 1.82) is 0 Å². The van der Waals surface area contributed by atoms with E-state index in [0.717, 1.165) is 24.4 Å². The normalized spacial score (nSPS) is 12.1. The molecule has 0 spiro atoms. The molecule has 0 aliphatic carbocycles. The zero-order valence-corrected chi connectivity index (χ0v) is 12.9. The Morgan fingerprint density at radius 1 is 1.10 bits per heavy atom. The summed E-state index contributed by atoms with van der Waals surface area (Å²) in [6.07, 6.45) is 6.24. The number of nitrogens with one attached hydrogen (secondary N) is 1. The molecule has 0 radical (unpaired) electrons. The van der Waals surface area contributed by atoms with Crippen molar-refractivity contribution in [3.8, 4) is 0 Å². The Balaban J connectivity index is 1.77. The fourth-order valence-corrected chi connectivity index (χ4v) is 2.36. The summed E-state index contributed by atoms with van der Waals surface area (Å²) in [5.41, 5.74) is 3.48. The highest BCUT2D eigenvalue weighted by atomic mass is 15.1. The summed E-state index contributed by atoms with van der Waals surface area (Å²) in [5, 5.41) is 3.53. The van der Waals surface area contributed by atoms with Gasteiger partial charge in [-0.1, -0.05) is 6.07 Å². The number of fused-ring (bicyclic) bond motifs is 1. The van der Waals surface area contributed by atoms with Gasteiger partial charge in [0.05, 0.1) is 12.2 Å². The Bertz CT molecular complexity index is 697. The van der Waals surface area contributed by atoms with Crippen LogP contribution in [0.15, 0.2) is 48.9 Å². The lowest BCUT2D eigenvalue weighted by Gasteiger charge is -2.21. The molecule has 4 nitrogen and oxygen atoms in total. The molecule has 1 N–H and O–H groups in total. The van der Waals surface area contributed by atoms with Crippen molar-refractivity contribution in [2.45, 2.75) is 39.4 Å². The van der Waals surface area contributed by atoms with Gasteiger partial charge in [-0.2, -0.15) is 0 Å². The average molecular weight is 282 g/mol. The van der Waals surface area contributed by atoms with E-state index in [1.807, 2.05) is 24.4 Å². The minimum atomic E-state index is 0.123. The molecule has 3 rings (SSSR count). The fraction of sp³-hybridized carbons (Fsp3) is 0.353. The van der Waals surface area contributed by atoms with Gasteiger partial charge >= 0.3 is 0 Å². The zero-order chi connectivity index (χ0) is 14.9. The van der Waals surface area contributed by atoms with Crippen LogP contribution in [0, 0.1) is 0 Å². The van der Waals surface area contributed by atoms with Crippen LogP contribution in [0.3, 0.4) is 0 Å². The van der Waals surface area contributed by atoms with Crippen molar-refractivity contribution >= 4 is 5.65 Å². The predicted molar refractivity (Wildman–Crippen MR) is 85.3 cm³/mol. The summed E-state index contributed by atoms with van der Waals surface area (Å²) < 4.78 is 4.31. The first-order chi connectivity index (χ1) is 10.0. The standard InChI is InChI=1S/C17H22N4/c1-17(2,3)18-11-15-7-6-10-20(15)12-14-13-21-9-5-4-8-16(21)19-14/h4-10,13,18H,11-12H2,1-3H3. The number of aromatic nitrogens is 3. The monoisotopic (exact) mass is 282 g/mol. The molecule has 21 heavy (non-hydrogen) atoms. The van der Waals surface area contributed by atoms with Crippen molar-refractivity contribution in [2.75, 3.05) is 0 Å². The number of pyridine rings is 1. The third-order valence-corrected chi connectivity index (χ3v) is 3.47. The van der Waals surface area contributed by atoms with Gasteiger partial charge in [0.15, 0.2) is 0 Å². The first-order valence-corrected chi connectivity index (χ1v) is 7.33. The molecule has 4 heteroatoms. The minimum Gasteiger partial charge on any atom is -0.344 e. The molecule has 0 bridgehead atoms. The SMILES string of the molecule is CC(C)(C)NCc1cccn1Cc1cn2ccccc2n1. The highest BCUT2D eigenvalue weighted by Crippen LogP contribution is 2.10. The van der Waals surface area contributed by atoms with Crippen LogP contribution in [0.5, 0.6) is 0 Å². The highest BCUT2D eigenvalue weighted by molar-refractivity contribution is 5.39. The number of hydrogen-bond acceptors (Lipinski definition) is 2. The molecule has 0 aromatic carbocycles. The Hall–Kier alpha value is -2.07. The molecule has 0 amide bonds. The Morgan fingerprint density at radius 2 is 1.95 bits per heavy atom. The van der Waals surface area contributed by atoms with E-state index in [4.69, 9.17) is 0 Å². The first kappa shape index (κ1) is 13.9. The topological polar surface area (TPSA) is 34.3 Å². The van der Waals surface area contributed by atoms with Gasteiger partial charge in [-0.3, -0.25) is 0 Å². The number of nitrogens with zero attached hydrogens (tertiary/aromatic N) is 3. The predicted octanol–water partition coefficient (Wildman–Crippen LogP) is 3.07. The Kier molecular flexibility index (Phi) is 3.55. The maximum atomic E-state index is 4.66. The molecule has 0 aliphatic heterocycles. The second-order valence-corrected chi connectivity index (χ2v) is 6.43. The van der Waals surface area contributed by atoms with E-state index in [0.29, 0.717) is 0 Å². The van der Waals surface area contributed by atoms with E-state index in [9.17, 15) is 0 Å². The molecular formula is C17H22N4. The van der Waals surface area contributed by atoms with Crippen LogP contribution in [0.25, 0.3) is 5.65 Å². The number of imidazole rings is 1. The number of hydrogen-bond donors (Lipinski definition) is 1. The minimum absolute atomic E-state index is 0.123. The third-order valence-electron chi connectivity index (χ3n) is 3.47. The van der Waals surface area contributed by atoms with Crippen molar-refractivity contribution in [3.05, 3.63) is 60.3 Å². The molecule has 0 aliphatic rings. The molecule has 0 saturated carbocycles. The van der Waals surface area contributed by atoms with E-state index in [-0.39, 0.29) is 5.54 Å². The van der Waals surface area contributed by atoms with E-state index in [1.54, 1.807) is 0 Å². The van der Waals surface area contributed by atoms with Gasteiger partial charge < -0.3 is 14.3 Å². The van der Waals surface area contributed by atoms with Crippen LogP contribution in [-0.2, 0) is 13.1 Å². The smallest absolute Gasteiger partial charge is 0.137 e. The molecule has 3 heterocycles. The Labute approximate surface area is 125 Å². The van der Waals surface area contributed by atoms with Gasteiger partial charge in [0, 0.05) is 36.4 Å². The summed E-state index contributed by atoms with van der Waals surface area (Å²) in [6, 6.07) is 10.3. The van der Waals surface area contributed by atoms with Gasteiger partial charge in [0.2, 0.25) is 0 Å². The lowest BCUT2D eigenvalue weighted by atomic mass is 10.1. The molecule has 110 valence electrons. The largest absolute Gasteiger partial charge is 0.344 e. The van der Waals surface area contributed by atoms with Crippen LogP contribution >= 0.6 is 0 Å². The van der Waals surface area contributed by atoms with Gasteiger partial charge in [-0.05, 0) is 45.0 Å². The van der Waals surface area contributed by atoms with Crippen LogP contribution in [0.2, 0.25) is 0 Å². The summed E-state index contributed by atoms with van der Waals surface area (Å²) in [4.78, 5) is 4.66. The lowest BCUT2D eigenvalue weighted by molar-refractivity contribution is 0.417. The van der Waals surface area contributed by atoms with Crippen LogP contribution < -0.4 is 5.32 Å². The van der Waals surface area contributed by atoms with E-state index in [2.05, 4.69) is 64.6 Å². The van der Waals surface area contributed by atoms with E-state index < -0.39 is 0 Å². The van der Waals surface area contributed by atoms with Gasteiger partial charge in [-0.15, -0.1) is 0 Å². The van der Waals surface area contributed by atoms with Crippen molar-refractivity contribution in [3.63, 3.8) is 0 Å². The second-order valence-electron chi connectivity index (χ2n) is 6.43. The molecule has 0 atom stereocenters. The maximum Gasteiger partial charge on any atom is 0.137 e. The summed E-state index contributed by atoms with van der Waals surface area (Å²) in [7, 11) is 0. The van der Waals surface area contributed by atoms with E-state index >= 15 is 0 Å². The maximum absolute atomic E-state index is 4.66.